The molecule has 1 aromatic heterocycles. The van der Waals surface area contributed by atoms with Gasteiger partial charge in [-0.1, -0.05) is 36.5 Å². The Bertz CT molecular complexity index is 1340. The highest BCUT2D eigenvalue weighted by molar-refractivity contribution is 7.96. The number of hydrogen-bond acceptors (Lipinski definition) is 7. The van der Waals surface area contributed by atoms with Crippen LogP contribution < -0.4 is 4.90 Å². The van der Waals surface area contributed by atoms with E-state index in [0.29, 0.717) is 29.6 Å². The van der Waals surface area contributed by atoms with Crippen LogP contribution in [0.5, 0.6) is 0 Å². The highest BCUT2D eigenvalue weighted by Crippen LogP contribution is 2.39. The number of aromatic nitrogens is 2. The number of piperazine rings is 1. The van der Waals surface area contributed by atoms with Crippen LogP contribution in [0.3, 0.4) is 0 Å². The second-order valence-electron chi connectivity index (χ2n) is 9.46. The smallest absolute Gasteiger partial charge is 0.376 e. The lowest BCUT2D eigenvalue weighted by Crippen LogP contribution is -2.57. The molecule has 2 aromatic rings. The first-order valence-corrected chi connectivity index (χ1v) is 13.8. The SMILES string of the molecule is Cn1cnc(COC[C@H]2CN(S(=O)(=O)C3=CC=CCC3=S)CCN2c2ccc([C@](C)(O)C(F)(F)F)cc2)c1. The summed E-state index contributed by atoms with van der Waals surface area (Å²) in [4.78, 5) is 6.59. The molecular weight excluding hydrogens is 541 g/mol. The first kappa shape index (κ1) is 28.4. The van der Waals surface area contributed by atoms with Crippen molar-refractivity contribution in [3.63, 3.8) is 0 Å². The van der Waals surface area contributed by atoms with Crippen molar-refractivity contribution in [2.24, 2.45) is 7.05 Å². The number of imidazole rings is 1. The topological polar surface area (TPSA) is 87.9 Å². The molecule has 0 unspecified atom stereocenters. The third-order valence-electron chi connectivity index (χ3n) is 6.66. The minimum absolute atomic E-state index is 0.0935. The van der Waals surface area contributed by atoms with Gasteiger partial charge in [-0.05, 0) is 30.7 Å². The van der Waals surface area contributed by atoms with Crippen molar-refractivity contribution in [1.29, 1.82) is 0 Å². The molecule has 4 rings (SSSR count). The number of thiocarbonyl (C=S) groups is 1. The van der Waals surface area contributed by atoms with E-state index in [-0.39, 0.29) is 43.3 Å². The Labute approximate surface area is 225 Å². The van der Waals surface area contributed by atoms with Crippen molar-refractivity contribution in [3.05, 3.63) is 71.2 Å². The first-order chi connectivity index (χ1) is 17.8. The second kappa shape index (κ2) is 10.9. The van der Waals surface area contributed by atoms with E-state index >= 15 is 0 Å². The van der Waals surface area contributed by atoms with Crippen molar-refractivity contribution in [3.8, 4) is 0 Å². The lowest BCUT2D eigenvalue weighted by Gasteiger charge is -2.42. The van der Waals surface area contributed by atoms with E-state index < -0.39 is 27.8 Å². The number of benzene rings is 1. The predicted octanol–water partition coefficient (Wildman–Crippen LogP) is 3.44. The van der Waals surface area contributed by atoms with Gasteiger partial charge in [-0.25, -0.2) is 13.4 Å². The number of rotatable bonds is 8. The maximum Gasteiger partial charge on any atom is 0.421 e. The van der Waals surface area contributed by atoms with Crippen LogP contribution in [0, 0.1) is 0 Å². The van der Waals surface area contributed by atoms with Gasteiger partial charge in [0.25, 0.3) is 0 Å². The summed E-state index contributed by atoms with van der Waals surface area (Å²) >= 11 is 5.30. The van der Waals surface area contributed by atoms with Crippen LogP contribution in [-0.4, -0.2) is 70.7 Å². The number of aryl methyl sites for hydroxylation is 1. The lowest BCUT2D eigenvalue weighted by molar-refractivity contribution is -0.258. The number of ether oxygens (including phenoxy) is 1. The molecule has 8 nitrogen and oxygen atoms in total. The molecular formula is C25H29F3N4O4S2. The van der Waals surface area contributed by atoms with Crippen LogP contribution in [0.4, 0.5) is 18.9 Å². The first-order valence-electron chi connectivity index (χ1n) is 11.9. The molecule has 13 heteroatoms. The molecule has 38 heavy (non-hydrogen) atoms. The number of aliphatic hydroxyl groups is 1. The van der Waals surface area contributed by atoms with Gasteiger partial charge in [-0.2, -0.15) is 17.5 Å². The third kappa shape index (κ3) is 5.86. The molecule has 2 heterocycles. The fourth-order valence-electron chi connectivity index (χ4n) is 4.40. The summed E-state index contributed by atoms with van der Waals surface area (Å²) < 4.78 is 75.8. The lowest BCUT2D eigenvalue weighted by atomic mass is 9.95. The van der Waals surface area contributed by atoms with Crippen molar-refractivity contribution in [2.45, 2.75) is 37.8 Å². The molecule has 1 aromatic carbocycles. The summed E-state index contributed by atoms with van der Waals surface area (Å²) in [6.07, 6.45) is 3.98. The van der Waals surface area contributed by atoms with E-state index in [1.54, 1.807) is 23.0 Å². The van der Waals surface area contributed by atoms with E-state index in [1.165, 1.54) is 34.6 Å². The fraction of sp³-hybridized carbons (Fsp3) is 0.440. The zero-order valence-electron chi connectivity index (χ0n) is 20.9. The molecule has 0 radical (unpaired) electrons. The summed E-state index contributed by atoms with van der Waals surface area (Å²) in [6.45, 7) is 1.60. The van der Waals surface area contributed by atoms with E-state index in [1.807, 2.05) is 18.1 Å². The van der Waals surface area contributed by atoms with Gasteiger partial charge in [0.2, 0.25) is 10.0 Å². The Morgan fingerprint density at radius 2 is 1.92 bits per heavy atom. The van der Waals surface area contributed by atoms with Gasteiger partial charge in [0, 0.05) is 49.9 Å². The molecule has 0 spiro atoms. The number of alkyl halides is 3. The monoisotopic (exact) mass is 570 g/mol. The van der Waals surface area contributed by atoms with Gasteiger partial charge in [-0.3, -0.25) is 0 Å². The highest BCUT2D eigenvalue weighted by atomic mass is 32.2. The van der Waals surface area contributed by atoms with E-state index in [0.717, 1.165) is 0 Å². The molecule has 0 bridgehead atoms. The van der Waals surface area contributed by atoms with Crippen molar-refractivity contribution in [2.75, 3.05) is 31.1 Å². The van der Waals surface area contributed by atoms with Crippen LogP contribution in [0.25, 0.3) is 0 Å². The third-order valence-corrected chi connectivity index (χ3v) is 9.12. The summed E-state index contributed by atoms with van der Waals surface area (Å²) in [5.74, 6) is 0. The van der Waals surface area contributed by atoms with Gasteiger partial charge in [0.15, 0.2) is 5.60 Å². The Morgan fingerprint density at radius 3 is 2.53 bits per heavy atom. The van der Waals surface area contributed by atoms with Crippen molar-refractivity contribution in [1.82, 2.24) is 13.9 Å². The van der Waals surface area contributed by atoms with E-state index in [9.17, 15) is 26.7 Å². The predicted molar refractivity (Wildman–Crippen MR) is 141 cm³/mol. The van der Waals surface area contributed by atoms with Crippen LogP contribution in [0.2, 0.25) is 0 Å². The average molecular weight is 571 g/mol. The minimum Gasteiger partial charge on any atom is -0.376 e. The maximum absolute atomic E-state index is 13.4. The number of nitrogens with zero attached hydrogens (tertiary/aromatic N) is 4. The summed E-state index contributed by atoms with van der Waals surface area (Å²) in [5.41, 5.74) is -1.98. The summed E-state index contributed by atoms with van der Waals surface area (Å²) in [6, 6.07) is 5.01. The van der Waals surface area contributed by atoms with Gasteiger partial charge in [0.1, 0.15) is 0 Å². The van der Waals surface area contributed by atoms with Crippen LogP contribution >= 0.6 is 12.2 Å². The number of anilines is 1. The highest BCUT2D eigenvalue weighted by Gasteiger charge is 2.51. The molecule has 0 amide bonds. The Morgan fingerprint density at radius 1 is 1.21 bits per heavy atom. The van der Waals surface area contributed by atoms with Crippen LogP contribution in [0.1, 0.15) is 24.6 Å². The van der Waals surface area contributed by atoms with Gasteiger partial charge >= 0.3 is 6.18 Å². The van der Waals surface area contributed by atoms with Gasteiger partial charge in [0.05, 0.1) is 36.2 Å². The molecule has 1 aliphatic heterocycles. The standard InChI is InChI=1S/C25H29F3N4O4S2/c1-24(33,25(26,27)28)18-7-9-20(10-8-18)32-12-11-31(38(34,35)23-6-4-3-5-22(23)37)14-21(32)16-36-15-19-13-30(2)17-29-19/h3-4,6-10,13,17,21,33H,5,11-12,14-16H2,1-2H3/t21-,24+/m1/s1. The van der Waals surface area contributed by atoms with E-state index in [2.05, 4.69) is 4.98 Å². The summed E-state index contributed by atoms with van der Waals surface area (Å²) in [7, 11) is -2.01. The van der Waals surface area contributed by atoms with E-state index in [4.69, 9.17) is 17.0 Å². The summed E-state index contributed by atoms with van der Waals surface area (Å²) in [5, 5.41) is 10.0. The molecule has 1 aliphatic carbocycles. The van der Waals surface area contributed by atoms with Crippen LogP contribution in [-0.2, 0) is 34.0 Å². The number of halogens is 3. The van der Waals surface area contributed by atoms with Crippen molar-refractivity contribution >= 4 is 32.8 Å². The molecule has 1 fully saturated rings. The average Bonchev–Trinajstić information content (AvgIpc) is 3.28. The normalized spacial score (nSPS) is 20.9. The van der Waals surface area contributed by atoms with Gasteiger partial charge in [-0.15, -0.1) is 0 Å². The van der Waals surface area contributed by atoms with Crippen molar-refractivity contribution < 1.29 is 31.4 Å². The molecule has 1 N–H and O–H groups in total. The fourth-order valence-corrected chi connectivity index (χ4v) is 6.47. The zero-order chi connectivity index (χ0) is 27.7. The number of sulfonamides is 1. The molecule has 2 aliphatic rings. The minimum atomic E-state index is -4.83. The Kier molecular flexibility index (Phi) is 8.15. The molecule has 0 saturated carbocycles. The largest absolute Gasteiger partial charge is 0.421 e. The second-order valence-corrected chi connectivity index (χ2v) is 11.9. The number of allylic oxidation sites excluding steroid dienone is 4. The Hall–Kier alpha value is -2.58. The Balaban J connectivity index is 1.56. The van der Waals surface area contributed by atoms with Gasteiger partial charge < -0.3 is 19.3 Å². The molecule has 206 valence electrons. The molecule has 2 atom stereocenters. The zero-order valence-corrected chi connectivity index (χ0v) is 22.6. The maximum atomic E-state index is 13.4. The quantitative estimate of drug-likeness (QED) is 0.487. The number of hydrogen-bond donors (Lipinski definition) is 1. The van der Waals surface area contributed by atoms with Crippen LogP contribution in [0.15, 0.2) is 59.9 Å². The molecule has 1 saturated heterocycles.